The highest BCUT2D eigenvalue weighted by Gasteiger charge is 2.18. The monoisotopic (exact) mass is 1080 g/mol. The molecule has 77 heavy (non-hydrogen) atoms. The number of carbonyl (C=O) groups excluding carboxylic acids is 2. The van der Waals surface area contributed by atoms with Gasteiger partial charge in [0.15, 0.2) is 0 Å². The standard InChI is InChI=1S/C71H137NO5/c1-3-5-7-9-11-13-15-17-18-19-20-21-24-27-30-33-36-40-43-47-51-55-59-63-69(74)68(67-73)72-70(75)64-60-56-52-48-44-41-37-34-31-28-25-22-23-26-29-32-35-38-42-46-50-54-58-62-66-77-71(76)65-61-57-53-49-45-39-16-14-12-10-8-6-4-2/h14,16,59,63,68-69,73-74H,3-13,15,17-58,60-62,64-67H2,1-2H3,(H,72,75)/b16-14-,63-59+. The average Bonchev–Trinajstić information content (AvgIpc) is 3.43. The van der Waals surface area contributed by atoms with Crippen molar-refractivity contribution in [1.82, 2.24) is 5.32 Å². The number of aliphatic hydroxyl groups excluding tert-OH is 2. The van der Waals surface area contributed by atoms with Gasteiger partial charge in [-0.05, 0) is 57.8 Å². The number of hydrogen-bond acceptors (Lipinski definition) is 5. The van der Waals surface area contributed by atoms with Crippen LogP contribution in [0, 0.1) is 0 Å². The van der Waals surface area contributed by atoms with Gasteiger partial charge in [0, 0.05) is 12.8 Å². The van der Waals surface area contributed by atoms with E-state index in [0.29, 0.717) is 19.4 Å². The van der Waals surface area contributed by atoms with Gasteiger partial charge in [-0.1, -0.05) is 346 Å². The molecular weight excluding hydrogens is 947 g/mol. The van der Waals surface area contributed by atoms with E-state index in [9.17, 15) is 19.8 Å². The first kappa shape index (κ1) is 75.3. The van der Waals surface area contributed by atoms with Gasteiger partial charge in [-0.2, -0.15) is 0 Å². The normalized spacial score (nSPS) is 12.6. The van der Waals surface area contributed by atoms with Crippen molar-refractivity contribution in [2.45, 2.75) is 405 Å². The van der Waals surface area contributed by atoms with Crippen LogP contribution in [0.1, 0.15) is 393 Å². The highest BCUT2D eigenvalue weighted by Crippen LogP contribution is 2.19. The molecule has 0 aromatic carbocycles. The molecule has 2 atom stereocenters. The Morgan fingerprint density at radius 1 is 0.351 bits per heavy atom. The predicted molar refractivity (Wildman–Crippen MR) is 338 cm³/mol. The number of unbranched alkanes of at least 4 members (excludes halogenated alkanes) is 53. The van der Waals surface area contributed by atoms with Crippen LogP contribution in [0.25, 0.3) is 0 Å². The first-order valence-corrected chi connectivity index (χ1v) is 35.1. The van der Waals surface area contributed by atoms with Crippen molar-refractivity contribution in [1.29, 1.82) is 0 Å². The molecule has 1 amide bonds. The number of hydrogen-bond donors (Lipinski definition) is 3. The lowest BCUT2D eigenvalue weighted by atomic mass is 10.0. The van der Waals surface area contributed by atoms with Crippen LogP contribution in [-0.4, -0.2) is 47.4 Å². The molecule has 0 radical (unpaired) electrons. The van der Waals surface area contributed by atoms with Crippen molar-refractivity contribution >= 4 is 11.9 Å². The summed E-state index contributed by atoms with van der Waals surface area (Å²) in [5, 5.41) is 23.3. The van der Waals surface area contributed by atoms with Gasteiger partial charge >= 0.3 is 5.97 Å². The second-order valence-electron chi connectivity index (χ2n) is 24.2. The maximum absolute atomic E-state index is 12.5. The molecule has 0 aliphatic rings. The van der Waals surface area contributed by atoms with Crippen molar-refractivity contribution in [3.63, 3.8) is 0 Å². The molecule has 0 aromatic rings. The Balaban J connectivity index is 3.40. The molecule has 0 fully saturated rings. The summed E-state index contributed by atoms with van der Waals surface area (Å²) in [6.45, 7) is 4.92. The van der Waals surface area contributed by atoms with Crippen molar-refractivity contribution in [3.05, 3.63) is 24.3 Å². The largest absolute Gasteiger partial charge is 0.466 e. The first-order valence-electron chi connectivity index (χ1n) is 35.1. The number of esters is 1. The van der Waals surface area contributed by atoms with Crippen LogP contribution in [0.2, 0.25) is 0 Å². The maximum atomic E-state index is 12.5. The molecule has 0 saturated carbocycles. The van der Waals surface area contributed by atoms with E-state index in [-0.39, 0.29) is 18.5 Å². The number of carbonyl (C=O) groups is 2. The van der Waals surface area contributed by atoms with Gasteiger partial charge in [0.1, 0.15) is 0 Å². The first-order chi connectivity index (χ1) is 38.0. The van der Waals surface area contributed by atoms with Crippen LogP contribution in [0.4, 0.5) is 0 Å². The summed E-state index contributed by atoms with van der Waals surface area (Å²) < 4.78 is 5.48. The smallest absolute Gasteiger partial charge is 0.305 e. The van der Waals surface area contributed by atoms with E-state index in [1.165, 1.54) is 321 Å². The Bertz CT molecular complexity index is 1200. The molecule has 0 spiro atoms. The predicted octanol–water partition coefficient (Wildman–Crippen LogP) is 22.5. The summed E-state index contributed by atoms with van der Waals surface area (Å²) in [7, 11) is 0. The summed E-state index contributed by atoms with van der Waals surface area (Å²) in [5.41, 5.74) is 0. The summed E-state index contributed by atoms with van der Waals surface area (Å²) >= 11 is 0. The summed E-state index contributed by atoms with van der Waals surface area (Å²) in [4.78, 5) is 24.6. The molecule has 2 unspecified atom stereocenters. The van der Waals surface area contributed by atoms with Gasteiger partial charge in [0.2, 0.25) is 5.91 Å². The zero-order valence-corrected chi connectivity index (χ0v) is 52.2. The lowest BCUT2D eigenvalue weighted by Gasteiger charge is -2.20. The van der Waals surface area contributed by atoms with Crippen molar-refractivity contribution in [3.8, 4) is 0 Å². The van der Waals surface area contributed by atoms with Crippen LogP contribution >= 0.6 is 0 Å². The zero-order valence-electron chi connectivity index (χ0n) is 52.2. The van der Waals surface area contributed by atoms with Crippen LogP contribution in [0.15, 0.2) is 24.3 Å². The van der Waals surface area contributed by atoms with E-state index < -0.39 is 12.1 Å². The minimum atomic E-state index is -0.845. The zero-order chi connectivity index (χ0) is 55.7. The fourth-order valence-electron chi connectivity index (χ4n) is 11.1. The van der Waals surface area contributed by atoms with Crippen LogP contribution in [0.5, 0.6) is 0 Å². The van der Waals surface area contributed by atoms with Crippen LogP contribution in [0.3, 0.4) is 0 Å². The van der Waals surface area contributed by atoms with E-state index in [1.807, 2.05) is 6.08 Å². The Morgan fingerprint density at radius 2 is 0.610 bits per heavy atom. The van der Waals surface area contributed by atoms with Gasteiger partial charge in [0.25, 0.3) is 0 Å². The number of allylic oxidation sites excluding steroid dienone is 3. The highest BCUT2D eigenvalue weighted by atomic mass is 16.5. The molecule has 0 aliphatic carbocycles. The minimum absolute atomic E-state index is 0.00645. The Hall–Kier alpha value is -1.66. The van der Waals surface area contributed by atoms with Gasteiger partial charge in [-0.3, -0.25) is 9.59 Å². The van der Waals surface area contributed by atoms with Gasteiger partial charge in [-0.15, -0.1) is 0 Å². The third-order valence-corrected chi connectivity index (χ3v) is 16.5. The molecule has 0 aliphatic heterocycles. The lowest BCUT2D eigenvalue weighted by Crippen LogP contribution is -2.45. The highest BCUT2D eigenvalue weighted by molar-refractivity contribution is 5.76. The quantitative estimate of drug-likeness (QED) is 0.0320. The molecule has 0 bridgehead atoms. The SMILES string of the molecule is CCCCCC/C=C\CCCCCCCC(=O)OCCCCCCCCCCCCCCCCCCCCCCCCCCC(=O)NC(CO)C(O)/C=C/CCCCCCCCCCCCCCCCCCCCCCC. The topological polar surface area (TPSA) is 95.9 Å². The molecule has 3 N–H and O–H groups in total. The number of nitrogens with one attached hydrogen (secondary N) is 1. The summed E-state index contributed by atoms with van der Waals surface area (Å²) in [6.07, 6.45) is 83.9. The maximum Gasteiger partial charge on any atom is 0.305 e. The fourth-order valence-corrected chi connectivity index (χ4v) is 11.1. The van der Waals surface area contributed by atoms with E-state index in [4.69, 9.17) is 4.74 Å². The molecule has 6 nitrogen and oxygen atoms in total. The number of ether oxygens (including phenoxy) is 1. The molecule has 0 rings (SSSR count). The van der Waals surface area contributed by atoms with Crippen LogP contribution in [-0.2, 0) is 14.3 Å². The Morgan fingerprint density at radius 3 is 0.935 bits per heavy atom. The van der Waals surface area contributed by atoms with Crippen molar-refractivity contribution in [2.24, 2.45) is 0 Å². The molecule has 0 aromatic heterocycles. The fraction of sp³-hybridized carbons (Fsp3) is 0.915. The van der Waals surface area contributed by atoms with E-state index in [1.54, 1.807) is 6.08 Å². The summed E-state index contributed by atoms with van der Waals surface area (Å²) in [5.74, 6) is -0.0561. The molecule has 0 heterocycles. The lowest BCUT2D eigenvalue weighted by molar-refractivity contribution is -0.143. The van der Waals surface area contributed by atoms with E-state index in [2.05, 4.69) is 31.3 Å². The molecule has 0 saturated heterocycles. The second-order valence-corrected chi connectivity index (χ2v) is 24.2. The van der Waals surface area contributed by atoms with E-state index in [0.717, 1.165) is 44.9 Å². The van der Waals surface area contributed by atoms with Gasteiger partial charge in [0.05, 0.1) is 25.4 Å². The number of amides is 1. The van der Waals surface area contributed by atoms with Crippen LogP contribution < -0.4 is 5.32 Å². The third-order valence-electron chi connectivity index (χ3n) is 16.5. The molecular formula is C71H137NO5. The number of aliphatic hydroxyl groups is 2. The Labute approximate surface area is 481 Å². The third kappa shape index (κ3) is 63.4. The average molecular weight is 1080 g/mol. The Kier molecular flexibility index (Phi) is 65.4. The summed E-state index contributed by atoms with van der Waals surface area (Å²) in [6, 6.07) is -0.628. The van der Waals surface area contributed by atoms with E-state index >= 15 is 0 Å². The molecule has 456 valence electrons. The van der Waals surface area contributed by atoms with Gasteiger partial charge < -0.3 is 20.3 Å². The second kappa shape index (κ2) is 66.8. The molecule has 6 heteroatoms. The number of rotatable bonds is 66. The van der Waals surface area contributed by atoms with Crippen molar-refractivity contribution < 1.29 is 24.5 Å². The minimum Gasteiger partial charge on any atom is -0.466 e. The van der Waals surface area contributed by atoms with Gasteiger partial charge in [-0.25, -0.2) is 0 Å². The van der Waals surface area contributed by atoms with Crippen molar-refractivity contribution in [2.75, 3.05) is 13.2 Å².